The van der Waals surface area contributed by atoms with Crippen molar-refractivity contribution in [3.63, 3.8) is 0 Å². The number of nitrogens with zero attached hydrogens (tertiary/aromatic N) is 3. The van der Waals surface area contributed by atoms with Gasteiger partial charge in [-0.05, 0) is 45.2 Å². The molecule has 1 aliphatic heterocycles. The fourth-order valence-electron chi connectivity index (χ4n) is 4.49. The highest BCUT2D eigenvalue weighted by atomic mass is 19.4. The molecule has 0 saturated heterocycles. The normalized spacial score (nSPS) is 18.3. The zero-order valence-corrected chi connectivity index (χ0v) is 24.3. The molecule has 2 aromatic heterocycles. The lowest BCUT2D eigenvalue weighted by molar-refractivity contribution is -0.300. The number of rotatable bonds is 4. The number of ketones is 2. The number of amides is 1. The Morgan fingerprint density at radius 3 is 2.29 bits per heavy atom. The number of fused-ring (bicyclic) bond motifs is 5. The topological polar surface area (TPSA) is 134 Å². The van der Waals surface area contributed by atoms with Gasteiger partial charge in [-0.2, -0.15) is 26.3 Å². The molecule has 3 heterocycles. The second-order valence-electron chi connectivity index (χ2n) is 11.2. The smallest absolute Gasteiger partial charge is 0.426 e. The summed E-state index contributed by atoms with van der Waals surface area (Å²) in [4.78, 5) is 41.8. The molecular formula is C29H28F6N4O6. The average Bonchev–Trinajstić information content (AvgIpc) is 3.41. The first-order valence-electron chi connectivity index (χ1n) is 13.7. The molecule has 10 nitrogen and oxygen atoms in total. The Kier molecular flexibility index (Phi) is 9.37. The minimum atomic E-state index is -5.18. The summed E-state index contributed by atoms with van der Waals surface area (Å²) in [6, 6.07) is 8.23. The molecule has 4 bridgehead atoms. The van der Waals surface area contributed by atoms with E-state index in [4.69, 9.17) is 13.9 Å². The highest BCUT2D eigenvalue weighted by molar-refractivity contribution is 6.00. The number of hydrogen-bond acceptors (Lipinski definition) is 9. The van der Waals surface area contributed by atoms with Crippen molar-refractivity contribution in [2.75, 3.05) is 5.32 Å². The molecule has 45 heavy (non-hydrogen) atoms. The number of ether oxygens (including phenoxy) is 2. The van der Waals surface area contributed by atoms with Crippen LogP contribution in [0.1, 0.15) is 80.4 Å². The van der Waals surface area contributed by atoms with Gasteiger partial charge in [-0.25, -0.2) is 9.78 Å². The van der Waals surface area contributed by atoms with E-state index in [2.05, 4.69) is 20.5 Å². The first-order valence-corrected chi connectivity index (χ1v) is 13.7. The van der Waals surface area contributed by atoms with E-state index in [1.807, 2.05) is 0 Å². The highest BCUT2D eigenvalue weighted by Gasteiger charge is 2.61. The van der Waals surface area contributed by atoms with Crippen LogP contribution in [0.25, 0.3) is 11.6 Å². The van der Waals surface area contributed by atoms with Gasteiger partial charge in [-0.3, -0.25) is 14.9 Å². The summed E-state index contributed by atoms with van der Waals surface area (Å²) in [5.74, 6) is -3.80. The third kappa shape index (κ3) is 7.85. The molecule has 242 valence electrons. The zero-order valence-electron chi connectivity index (χ0n) is 24.3. The lowest BCUT2D eigenvalue weighted by atomic mass is 9.93. The molecule has 1 amide bonds. The number of alkyl halides is 6. The molecular weight excluding hydrogens is 614 g/mol. The van der Waals surface area contributed by atoms with Crippen molar-refractivity contribution in [2.24, 2.45) is 0 Å². The quantitative estimate of drug-likeness (QED) is 0.294. The van der Waals surface area contributed by atoms with Crippen LogP contribution in [0.5, 0.6) is 0 Å². The van der Waals surface area contributed by atoms with Gasteiger partial charge in [0.25, 0.3) is 11.8 Å². The molecule has 0 aliphatic carbocycles. The maximum atomic E-state index is 14.9. The molecule has 1 atom stereocenters. The van der Waals surface area contributed by atoms with Crippen molar-refractivity contribution < 1.29 is 54.6 Å². The summed E-state index contributed by atoms with van der Waals surface area (Å²) >= 11 is 0. The Hall–Kier alpha value is -4.34. The summed E-state index contributed by atoms with van der Waals surface area (Å²) in [5, 5.41) is 9.23. The van der Waals surface area contributed by atoms with E-state index in [0.29, 0.717) is 11.6 Å². The van der Waals surface area contributed by atoms with Crippen LogP contribution in [-0.2, 0) is 32.7 Å². The van der Waals surface area contributed by atoms with E-state index in [1.54, 1.807) is 18.2 Å². The molecule has 0 fully saturated rings. The van der Waals surface area contributed by atoms with Crippen LogP contribution in [0, 0.1) is 0 Å². The largest absolute Gasteiger partial charge is 0.444 e. The van der Waals surface area contributed by atoms with Gasteiger partial charge in [-0.1, -0.05) is 30.3 Å². The molecule has 1 aromatic carbocycles. The Morgan fingerprint density at radius 1 is 0.978 bits per heavy atom. The fraction of sp³-hybridized carbons (Fsp3) is 0.448. The number of halogens is 6. The standard InChI is InChI=1S/C29H28F6N4O6/c1-26(2,3)45-25(42)36-19-14-18(28(30,31)32)21-20(41)12-11-17(40)10-7-13-27(29(33,34)35,43-15-16-8-5-4-6-9-16)24-39-38-23(44-24)22(19)37-21/h4-6,8-9,14H,7,10-13,15H2,1-3H3,(H,36,42). The Balaban J connectivity index is 1.93. The van der Waals surface area contributed by atoms with Crippen LogP contribution >= 0.6 is 0 Å². The van der Waals surface area contributed by atoms with E-state index < -0.39 is 114 Å². The van der Waals surface area contributed by atoms with Crippen LogP contribution in [0.15, 0.2) is 40.8 Å². The maximum absolute atomic E-state index is 14.9. The maximum Gasteiger partial charge on any atom is 0.426 e. The third-order valence-corrected chi connectivity index (χ3v) is 6.60. The summed E-state index contributed by atoms with van der Waals surface area (Å²) in [5.41, 5.74) is -8.18. The number of hydrogen-bond donors (Lipinski definition) is 1. The van der Waals surface area contributed by atoms with Crippen LogP contribution in [-0.4, -0.2) is 44.6 Å². The van der Waals surface area contributed by atoms with Crippen molar-refractivity contribution in [2.45, 2.75) is 83.0 Å². The van der Waals surface area contributed by atoms with Gasteiger partial charge < -0.3 is 13.9 Å². The van der Waals surface area contributed by atoms with Crippen LogP contribution in [0.3, 0.4) is 0 Å². The second-order valence-corrected chi connectivity index (χ2v) is 11.2. The molecule has 1 N–H and O–H groups in total. The van der Waals surface area contributed by atoms with Crippen molar-refractivity contribution in [3.8, 4) is 11.6 Å². The number of anilines is 1. The molecule has 1 unspecified atom stereocenters. The van der Waals surface area contributed by atoms with Crippen molar-refractivity contribution in [1.82, 2.24) is 15.2 Å². The van der Waals surface area contributed by atoms with E-state index >= 15 is 0 Å². The molecule has 3 aromatic rings. The van der Waals surface area contributed by atoms with Crippen LogP contribution in [0.4, 0.5) is 36.8 Å². The minimum Gasteiger partial charge on any atom is -0.444 e. The Bertz CT molecular complexity index is 1570. The number of nitrogens with one attached hydrogen (secondary N) is 1. The summed E-state index contributed by atoms with van der Waals surface area (Å²) in [6.45, 7) is 3.89. The number of pyridine rings is 1. The number of benzene rings is 1. The van der Waals surface area contributed by atoms with Gasteiger partial charge in [0.05, 0.1) is 17.9 Å². The summed E-state index contributed by atoms with van der Waals surface area (Å²) < 4.78 is 103. The lowest BCUT2D eigenvalue weighted by Crippen LogP contribution is -2.45. The first kappa shape index (κ1) is 33.6. The molecule has 16 heteroatoms. The van der Waals surface area contributed by atoms with Gasteiger partial charge in [0.1, 0.15) is 17.1 Å². The summed E-state index contributed by atoms with van der Waals surface area (Å²) in [7, 11) is 0. The van der Waals surface area contributed by atoms with Crippen molar-refractivity contribution >= 4 is 23.3 Å². The van der Waals surface area contributed by atoms with Gasteiger partial charge in [0.2, 0.25) is 5.60 Å². The van der Waals surface area contributed by atoms with Gasteiger partial charge in [-0.15, -0.1) is 10.2 Å². The lowest BCUT2D eigenvalue weighted by Gasteiger charge is -2.32. The number of Topliss-reactive ketones (excluding diaryl/α,β-unsaturated/α-hetero) is 2. The predicted molar refractivity (Wildman–Crippen MR) is 144 cm³/mol. The zero-order chi connectivity index (χ0) is 33.2. The second kappa shape index (κ2) is 12.6. The molecule has 0 radical (unpaired) electrons. The molecule has 4 rings (SSSR count). The Morgan fingerprint density at radius 2 is 1.67 bits per heavy atom. The monoisotopic (exact) mass is 642 g/mol. The number of carbonyl (C=O) groups excluding carboxylic acids is 3. The van der Waals surface area contributed by atoms with Crippen molar-refractivity contribution in [1.29, 1.82) is 0 Å². The van der Waals surface area contributed by atoms with E-state index in [-0.39, 0.29) is 0 Å². The summed E-state index contributed by atoms with van der Waals surface area (Å²) in [6.07, 6.45) is -14.5. The molecule has 0 spiro atoms. The van der Waals surface area contributed by atoms with E-state index in [1.165, 1.54) is 32.9 Å². The van der Waals surface area contributed by atoms with Gasteiger partial charge >= 0.3 is 18.4 Å². The minimum absolute atomic E-state index is 0.361. The average molecular weight is 643 g/mol. The highest BCUT2D eigenvalue weighted by Crippen LogP contribution is 2.47. The molecule has 0 saturated carbocycles. The van der Waals surface area contributed by atoms with E-state index in [9.17, 15) is 40.7 Å². The predicted octanol–water partition coefficient (Wildman–Crippen LogP) is 7.19. The van der Waals surface area contributed by atoms with E-state index in [0.717, 1.165) is 0 Å². The van der Waals surface area contributed by atoms with Gasteiger partial charge in [0.15, 0.2) is 11.5 Å². The SMILES string of the molecule is CC(C)(C)OC(=O)Nc1cc(C(F)(F)F)c2nc1-c1nnc(o1)C(OCc1ccccc1)(C(F)(F)F)CCCC(=O)CCC2=O. The van der Waals surface area contributed by atoms with Gasteiger partial charge in [0, 0.05) is 19.3 Å². The number of carbonyl (C=O) groups is 3. The molecule has 1 aliphatic rings. The fourth-order valence-corrected chi connectivity index (χ4v) is 4.49. The first-order chi connectivity index (χ1) is 20.9. The number of aromatic nitrogens is 3. The third-order valence-electron chi connectivity index (χ3n) is 6.60. The van der Waals surface area contributed by atoms with Crippen LogP contribution < -0.4 is 5.32 Å². The Labute approximate surface area is 252 Å². The van der Waals surface area contributed by atoms with Crippen molar-refractivity contribution in [3.05, 3.63) is 59.1 Å². The van der Waals surface area contributed by atoms with Crippen LogP contribution in [0.2, 0.25) is 0 Å².